The molecule has 0 aliphatic carbocycles. The van der Waals surface area contributed by atoms with Crippen LogP contribution in [0.1, 0.15) is 5.56 Å². The van der Waals surface area contributed by atoms with Crippen LogP contribution in [0.15, 0.2) is 42.5 Å². The molecule has 0 unspecified atom stereocenters. The van der Waals surface area contributed by atoms with Crippen LogP contribution in [0.5, 0.6) is 0 Å². The second-order valence-electron chi connectivity index (χ2n) is 4.02. The first-order chi connectivity index (χ1) is 9.06. The van der Waals surface area contributed by atoms with Crippen molar-refractivity contribution >= 4 is 51.6 Å². The van der Waals surface area contributed by atoms with Crippen LogP contribution in [-0.2, 0) is 0 Å². The fourth-order valence-corrected chi connectivity index (χ4v) is 2.22. The molecule has 3 nitrogen and oxygen atoms in total. The number of halogens is 2. The van der Waals surface area contributed by atoms with E-state index in [1.165, 1.54) is 0 Å². The van der Waals surface area contributed by atoms with Gasteiger partial charge in [0.15, 0.2) is 0 Å². The Balaban J connectivity index is 2.05. The molecule has 0 aliphatic heterocycles. The Morgan fingerprint density at radius 3 is 2.58 bits per heavy atom. The lowest BCUT2D eigenvalue weighted by molar-refractivity contribution is 0.262. The Morgan fingerprint density at radius 1 is 1.16 bits per heavy atom. The maximum absolute atomic E-state index is 11.9. The molecular formula is C14H12ClIN2O. The quantitative estimate of drug-likeness (QED) is 0.708. The van der Waals surface area contributed by atoms with Crippen LogP contribution in [0.25, 0.3) is 0 Å². The molecule has 0 spiro atoms. The van der Waals surface area contributed by atoms with Crippen LogP contribution in [-0.4, -0.2) is 6.03 Å². The van der Waals surface area contributed by atoms with Crippen molar-refractivity contribution in [2.75, 3.05) is 10.6 Å². The predicted octanol–water partition coefficient (Wildman–Crippen LogP) is 4.90. The van der Waals surface area contributed by atoms with Gasteiger partial charge in [-0.3, -0.25) is 0 Å². The topological polar surface area (TPSA) is 41.1 Å². The standard InChI is InChI=1S/C14H12ClIN2O/c1-9-6-7-10(8-11(9)15)17-14(19)18-13-5-3-2-4-12(13)16/h2-8H,1H3,(H2,17,18,19). The first-order valence-electron chi connectivity index (χ1n) is 5.65. The van der Waals surface area contributed by atoms with Gasteiger partial charge in [0.05, 0.1) is 5.69 Å². The van der Waals surface area contributed by atoms with Gasteiger partial charge in [0.1, 0.15) is 0 Å². The number of aryl methyl sites for hydroxylation is 1. The van der Waals surface area contributed by atoms with E-state index in [0.29, 0.717) is 10.7 Å². The Hall–Kier alpha value is -1.27. The Morgan fingerprint density at radius 2 is 1.89 bits per heavy atom. The minimum absolute atomic E-state index is 0.288. The third-order valence-electron chi connectivity index (χ3n) is 2.55. The molecule has 2 rings (SSSR count). The summed E-state index contributed by atoms with van der Waals surface area (Å²) in [6.45, 7) is 1.92. The molecule has 0 radical (unpaired) electrons. The molecule has 0 bridgehead atoms. The van der Waals surface area contributed by atoms with Gasteiger partial charge in [-0.05, 0) is 59.3 Å². The molecule has 2 amide bonds. The highest BCUT2D eigenvalue weighted by molar-refractivity contribution is 14.1. The maximum atomic E-state index is 11.9. The summed E-state index contributed by atoms with van der Waals surface area (Å²) in [6.07, 6.45) is 0. The van der Waals surface area contributed by atoms with E-state index >= 15 is 0 Å². The highest BCUT2D eigenvalue weighted by atomic mass is 127. The van der Waals surface area contributed by atoms with Gasteiger partial charge < -0.3 is 10.6 Å². The fourth-order valence-electron chi connectivity index (χ4n) is 1.52. The number of hydrogen-bond donors (Lipinski definition) is 2. The van der Waals surface area contributed by atoms with Crippen LogP contribution in [0.2, 0.25) is 5.02 Å². The Bertz CT molecular complexity index is 616. The van der Waals surface area contributed by atoms with Crippen LogP contribution < -0.4 is 10.6 Å². The number of nitrogens with one attached hydrogen (secondary N) is 2. The first kappa shape index (κ1) is 14.1. The SMILES string of the molecule is Cc1ccc(NC(=O)Nc2ccccc2I)cc1Cl. The van der Waals surface area contributed by atoms with Gasteiger partial charge in [0, 0.05) is 14.3 Å². The van der Waals surface area contributed by atoms with E-state index in [-0.39, 0.29) is 6.03 Å². The number of urea groups is 1. The molecule has 2 N–H and O–H groups in total. The van der Waals surface area contributed by atoms with E-state index in [1.807, 2.05) is 43.3 Å². The third kappa shape index (κ3) is 3.84. The monoisotopic (exact) mass is 386 g/mol. The van der Waals surface area contributed by atoms with E-state index < -0.39 is 0 Å². The second-order valence-corrected chi connectivity index (χ2v) is 5.59. The number of rotatable bonds is 2. The lowest BCUT2D eigenvalue weighted by Crippen LogP contribution is -2.19. The molecule has 2 aromatic carbocycles. The lowest BCUT2D eigenvalue weighted by atomic mass is 10.2. The molecule has 19 heavy (non-hydrogen) atoms. The normalized spacial score (nSPS) is 10.1. The zero-order valence-corrected chi connectivity index (χ0v) is 13.1. The van der Waals surface area contributed by atoms with Crippen molar-refractivity contribution in [3.05, 3.63) is 56.6 Å². The number of benzene rings is 2. The second kappa shape index (κ2) is 6.25. The Kier molecular flexibility index (Phi) is 4.66. The number of para-hydroxylation sites is 1. The van der Waals surface area contributed by atoms with E-state index in [4.69, 9.17) is 11.6 Å². The summed E-state index contributed by atoms with van der Waals surface area (Å²) in [4.78, 5) is 11.9. The first-order valence-corrected chi connectivity index (χ1v) is 7.10. The van der Waals surface area contributed by atoms with Gasteiger partial charge in [-0.1, -0.05) is 29.8 Å². The summed E-state index contributed by atoms with van der Waals surface area (Å²) >= 11 is 8.18. The molecule has 0 saturated carbocycles. The van der Waals surface area contributed by atoms with Crippen molar-refractivity contribution in [2.24, 2.45) is 0 Å². The van der Waals surface area contributed by atoms with Gasteiger partial charge >= 0.3 is 6.03 Å². The number of anilines is 2. The maximum Gasteiger partial charge on any atom is 0.323 e. The molecule has 0 fully saturated rings. The summed E-state index contributed by atoms with van der Waals surface area (Å²) in [5.41, 5.74) is 2.42. The largest absolute Gasteiger partial charge is 0.323 e. The van der Waals surface area contributed by atoms with E-state index in [0.717, 1.165) is 14.8 Å². The molecule has 0 atom stereocenters. The summed E-state index contributed by atoms with van der Waals surface area (Å²) in [7, 11) is 0. The van der Waals surface area contributed by atoms with Crippen LogP contribution >= 0.6 is 34.2 Å². The van der Waals surface area contributed by atoms with Crippen molar-refractivity contribution in [1.29, 1.82) is 0 Å². The average molecular weight is 387 g/mol. The van der Waals surface area contributed by atoms with Crippen LogP contribution in [0.3, 0.4) is 0 Å². The zero-order valence-electron chi connectivity index (χ0n) is 10.2. The van der Waals surface area contributed by atoms with E-state index in [2.05, 4.69) is 33.2 Å². The summed E-state index contributed by atoms with van der Waals surface area (Å²) in [5, 5.41) is 6.17. The number of carbonyl (C=O) groups excluding carboxylic acids is 1. The van der Waals surface area contributed by atoms with Crippen molar-refractivity contribution < 1.29 is 4.79 Å². The van der Waals surface area contributed by atoms with Gasteiger partial charge in [-0.2, -0.15) is 0 Å². The number of carbonyl (C=O) groups is 1. The average Bonchev–Trinajstić information content (AvgIpc) is 2.37. The summed E-state index contributed by atoms with van der Waals surface area (Å²) in [5.74, 6) is 0. The summed E-state index contributed by atoms with van der Waals surface area (Å²) in [6, 6.07) is 12.7. The van der Waals surface area contributed by atoms with Crippen molar-refractivity contribution in [3.8, 4) is 0 Å². The molecular weight excluding hydrogens is 375 g/mol. The smallest absolute Gasteiger partial charge is 0.308 e. The van der Waals surface area contributed by atoms with E-state index in [9.17, 15) is 4.79 Å². The Labute approximate surface area is 130 Å². The molecule has 98 valence electrons. The summed E-state index contributed by atoms with van der Waals surface area (Å²) < 4.78 is 0.984. The molecule has 2 aromatic rings. The van der Waals surface area contributed by atoms with Gasteiger partial charge in [0.25, 0.3) is 0 Å². The van der Waals surface area contributed by atoms with E-state index in [1.54, 1.807) is 6.07 Å². The van der Waals surface area contributed by atoms with Crippen LogP contribution in [0, 0.1) is 10.5 Å². The lowest BCUT2D eigenvalue weighted by Gasteiger charge is -2.09. The van der Waals surface area contributed by atoms with Crippen molar-refractivity contribution in [3.63, 3.8) is 0 Å². The van der Waals surface area contributed by atoms with Gasteiger partial charge in [-0.15, -0.1) is 0 Å². The fraction of sp³-hybridized carbons (Fsp3) is 0.0714. The van der Waals surface area contributed by atoms with Gasteiger partial charge in [0.2, 0.25) is 0 Å². The van der Waals surface area contributed by atoms with Crippen molar-refractivity contribution in [2.45, 2.75) is 6.92 Å². The van der Waals surface area contributed by atoms with Gasteiger partial charge in [-0.25, -0.2) is 4.79 Å². The number of amides is 2. The molecule has 5 heteroatoms. The molecule has 0 aromatic heterocycles. The highest BCUT2D eigenvalue weighted by Crippen LogP contribution is 2.21. The minimum Gasteiger partial charge on any atom is -0.308 e. The molecule has 0 heterocycles. The zero-order chi connectivity index (χ0) is 13.8. The highest BCUT2D eigenvalue weighted by Gasteiger charge is 2.06. The molecule has 0 saturated heterocycles. The third-order valence-corrected chi connectivity index (χ3v) is 3.90. The predicted molar refractivity (Wildman–Crippen MR) is 88.0 cm³/mol. The minimum atomic E-state index is -0.288. The number of hydrogen-bond acceptors (Lipinski definition) is 1. The van der Waals surface area contributed by atoms with Crippen LogP contribution in [0.4, 0.5) is 16.2 Å². The molecule has 0 aliphatic rings. The van der Waals surface area contributed by atoms with Crippen molar-refractivity contribution in [1.82, 2.24) is 0 Å².